The van der Waals surface area contributed by atoms with Crippen molar-refractivity contribution in [2.75, 3.05) is 0 Å². The van der Waals surface area contributed by atoms with Crippen LogP contribution in [0.25, 0.3) is 10.6 Å². The number of rotatable bonds is 4. The van der Waals surface area contributed by atoms with Gasteiger partial charge in [-0.05, 0) is 24.8 Å². The zero-order valence-electron chi connectivity index (χ0n) is 11.8. The Bertz CT molecular complexity index is 314. The molecule has 1 unspecified atom stereocenters. The molecule has 0 radical (unpaired) electrons. The number of hydrogen-bond acceptors (Lipinski definition) is 3. The Morgan fingerprint density at radius 2 is 1.50 bits per heavy atom. The maximum Gasteiger partial charge on any atom is 1.00 e. The Morgan fingerprint density at radius 1 is 1.06 bits per heavy atom. The minimum Gasteiger partial charge on any atom is -0.611 e. The third-order valence-corrected chi connectivity index (χ3v) is 3.28. The molecule has 1 heterocycles. The van der Waals surface area contributed by atoms with Crippen LogP contribution in [0.3, 0.4) is 0 Å². The van der Waals surface area contributed by atoms with Crippen molar-refractivity contribution in [3.63, 3.8) is 0 Å². The average molecular weight is 270 g/mol. The molecule has 0 saturated carbocycles. The largest absolute Gasteiger partial charge is 1.00 e. The molecule has 1 atom stereocenters. The van der Waals surface area contributed by atoms with Crippen LogP contribution in [0.15, 0.2) is 0 Å². The second kappa shape index (κ2) is 8.72. The Labute approximate surface area is 152 Å². The molecule has 7 heteroatoms. The molecule has 18 heavy (non-hydrogen) atoms. The molecule has 90 valence electrons. The van der Waals surface area contributed by atoms with Gasteiger partial charge in [-0.25, -0.2) is 0 Å². The van der Waals surface area contributed by atoms with E-state index < -0.39 is 23.3 Å². The van der Waals surface area contributed by atoms with Gasteiger partial charge in [-0.1, -0.05) is 27.2 Å². The monoisotopic (exact) mass is 270 g/mol. The molecule has 1 aliphatic rings. The van der Waals surface area contributed by atoms with Gasteiger partial charge < -0.3 is 25.0 Å². The van der Waals surface area contributed by atoms with Gasteiger partial charge in [0.15, 0.2) is 0 Å². The summed E-state index contributed by atoms with van der Waals surface area (Å²) in [6.07, 6.45) is 1.95. The number of urea groups is 1. The molecule has 1 saturated heterocycles. The van der Waals surface area contributed by atoms with Gasteiger partial charge in [-0.3, -0.25) is 0 Å². The van der Waals surface area contributed by atoms with E-state index in [1.165, 1.54) is 0 Å². The molecule has 0 aliphatic carbocycles. The van der Waals surface area contributed by atoms with E-state index in [2.05, 4.69) is 10.6 Å². The number of hydrogen-bond donors (Lipinski definition) is 0. The van der Waals surface area contributed by atoms with Crippen LogP contribution in [0, 0.1) is 11.3 Å². The summed E-state index contributed by atoms with van der Waals surface area (Å²) in [7, 11) is 0. The van der Waals surface area contributed by atoms with Crippen LogP contribution >= 0.6 is 0 Å². The zero-order valence-corrected chi connectivity index (χ0v) is 15.8. The molecule has 0 N–H and O–H groups in total. The first-order valence-corrected chi connectivity index (χ1v) is 5.55. The first-order valence-electron chi connectivity index (χ1n) is 5.55. The molecule has 0 bridgehead atoms. The summed E-state index contributed by atoms with van der Waals surface area (Å²) >= 11 is 0. The second-order valence-corrected chi connectivity index (χ2v) is 4.13. The summed E-state index contributed by atoms with van der Waals surface area (Å²) in [6, 6.07) is -0.970. The van der Waals surface area contributed by atoms with Gasteiger partial charge >= 0.3 is 59.1 Å². The summed E-state index contributed by atoms with van der Waals surface area (Å²) in [5, 5.41) is 6.59. The van der Waals surface area contributed by atoms with Crippen LogP contribution in [-0.2, 0) is 9.59 Å². The maximum absolute atomic E-state index is 11.8. The van der Waals surface area contributed by atoms with E-state index in [0.717, 1.165) is 12.8 Å². The number of imide groups is 2. The summed E-state index contributed by atoms with van der Waals surface area (Å²) < 4.78 is 0. The van der Waals surface area contributed by atoms with Crippen molar-refractivity contribution in [3.8, 4) is 0 Å². The summed E-state index contributed by atoms with van der Waals surface area (Å²) in [4.78, 5) is 34.5. The molecule has 0 aromatic rings. The average Bonchev–Trinajstić information content (AvgIpc) is 2.18. The van der Waals surface area contributed by atoms with Crippen LogP contribution in [0.4, 0.5) is 4.79 Å². The number of nitrogens with zero attached hydrogens (tertiary/aromatic N) is 2. The Morgan fingerprint density at radius 3 is 1.83 bits per heavy atom. The van der Waals surface area contributed by atoms with Crippen molar-refractivity contribution in [2.24, 2.45) is 11.3 Å². The number of barbiturate groups is 1. The van der Waals surface area contributed by atoms with E-state index in [1.807, 2.05) is 13.8 Å². The predicted molar refractivity (Wildman–Crippen MR) is 58.9 cm³/mol. The number of carbonyl (C=O) groups is 3. The van der Waals surface area contributed by atoms with Crippen molar-refractivity contribution >= 4 is 17.8 Å². The van der Waals surface area contributed by atoms with Gasteiger partial charge in [0.1, 0.15) is 0 Å². The summed E-state index contributed by atoms with van der Waals surface area (Å²) in [5.41, 5.74) is -1.20. The molecule has 1 fully saturated rings. The Hall–Kier alpha value is 0.610. The van der Waals surface area contributed by atoms with Crippen molar-refractivity contribution in [1.29, 1.82) is 0 Å². The third-order valence-electron chi connectivity index (χ3n) is 3.28. The number of amides is 4. The van der Waals surface area contributed by atoms with Gasteiger partial charge in [0.2, 0.25) is 0 Å². The van der Waals surface area contributed by atoms with Gasteiger partial charge in [0, 0.05) is 0 Å². The number of carbonyl (C=O) groups excluding carboxylic acids is 3. The standard InChI is InChI=1S/C11H18N2O3.2Na/c1-4-6-7(3)11(5-2)8(14)12-10(16)13-9(11)15;;/h7H,4-6H2,1-3H3,(H2,12,13,14,15,16);;/q;2*+1/p-2. The fourth-order valence-electron chi connectivity index (χ4n) is 2.24. The molecule has 1 aliphatic heterocycles. The third kappa shape index (κ3) is 3.81. The topological polar surface area (TPSA) is 79.4 Å². The molecule has 0 aromatic heterocycles. The molecule has 5 nitrogen and oxygen atoms in total. The van der Waals surface area contributed by atoms with E-state index in [1.54, 1.807) is 6.92 Å². The van der Waals surface area contributed by atoms with Crippen molar-refractivity contribution in [3.05, 3.63) is 10.6 Å². The molecular formula is C11H16N2Na2O3. The van der Waals surface area contributed by atoms with Gasteiger partial charge in [0.25, 0.3) is 0 Å². The van der Waals surface area contributed by atoms with Crippen molar-refractivity contribution in [1.82, 2.24) is 0 Å². The summed E-state index contributed by atoms with van der Waals surface area (Å²) in [5.74, 6) is -1.38. The van der Waals surface area contributed by atoms with Crippen LogP contribution in [0.5, 0.6) is 0 Å². The smallest absolute Gasteiger partial charge is 0.611 e. The molecule has 4 amide bonds. The molecular weight excluding hydrogens is 254 g/mol. The minimum absolute atomic E-state index is 0. The van der Waals surface area contributed by atoms with Gasteiger partial charge in [0.05, 0.1) is 17.2 Å². The van der Waals surface area contributed by atoms with E-state index in [-0.39, 0.29) is 65.0 Å². The van der Waals surface area contributed by atoms with E-state index in [9.17, 15) is 14.4 Å². The molecule has 0 aromatic carbocycles. The van der Waals surface area contributed by atoms with Gasteiger partial charge in [-0.2, -0.15) is 0 Å². The predicted octanol–water partition coefficient (Wildman–Crippen LogP) is -3.24. The summed E-state index contributed by atoms with van der Waals surface area (Å²) in [6.45, 7) is 5.57. The quantitative estimate of drug-likeness (QED) is 0.398. The van der Waals surface area contributed by atoms with Crippen LogP contribution in [0.1, 0.15) is 40.0 Å². The Balaban J connectivity index is 0. The van der Waals surface area contributed by atoms with Crippen LogP contribution < -0.4 is 59.1 Å². The Kier molecular flexibility index (Phi) is 10.1. The van der Waals surface area contributed by atoms with E-state index in [4.69, 9.17) is 0 Å². The fraction of sp³-hybridized carbons (Fsp3) is 0.727. The maximum atomic E-state index is 11.8. The van der Waals surface area contributed by atoms with Crippen LogP contribution in [-0.4, -0.2) is 17.8 Å². The first-order chi connectivity index (χ1) is 7.48. The zero-order chi connectivity index (χ0) is 12.3. The van der Waals surface area contributed by atoms with E-state index >= 15 is 0 Å². The molecule has 1 rings (SSSR count). The van der Waals surface area contributed by atoms with E-state index in [0.29, 0.717) is 6.42 Å². The molecule has 0 spiro atoms. The van der Waals surface area contributed by atoms with Gasteiger partial charge in [-0.15, -0.1) is 0 Å². The van der Waals surface area contributed by atoms with Crippen molar-refractivity contribution < 1.29 is 73.5 Å². The van der Waals surface area contributed by atoms with Crippen molar-refractivity contribution in [2.45, 2.75) is 40.0 Å². The SMILES string of the molecule is CCCC(C)C1(CC)C(=O)[N-]C(=O)[N-]C1=O.[Na+].[Na+]. The second-order valence-electron chi connectivity index (χ2n) is 4.13. The minimum atomic E-state index is -1.20. The fourth-order valence-corrected chi connectivity index (χ4v) is 2.24. The normalized spacial score (nSPS) is 18.9. The first kappa shape index (κ1) is 20.9. The van der Waals surface area contributed by atoms with Crippen LogP contribution in [0.2, 0.25) is 0 Å².